The van der Waals surface area contributed by atoms with E-state index < -0.39 is 11.7 Å². The molecule has 0 fully saturated rings. The molecule has 0 heterocycles. The zero-order chi connectivity index (χ0) is 16.8. The maximum Gasteiger partial charge on any atom is 0.258 e. The van der Waals surface area contributed by atoms with Gasteiger partial charge in [0.05, 0.1) is 5.56 Å². The lowest BCUT2D eigenvalue weighted by atomic mass is 10.1. The van der Waals surface area contributed by atoms with Gasteiger partial charge in [-0.2, -0.15) is 0 Å². The molecule has 0 spiro atoms. The van der Waals surface area contributed by atoms with Crippen LogP contribution < -0.4 is 10.6 Å². The van der Waals surface area contributed by atoms with Crippen molar-refractivity contribution < 1.29 is 14.0 Å². The smallest absolute Gasteiger partial charge is 0.258 e. The van der Waals surface area contributed by atoms with Crippen LogP contribution in [0.15, 0.2) is 48.5 Å². The molecule has 2 amide bonds. The van der Waals surface area contributed by atoms with Gasteiger partial charge in [0.2, 0.25) is 0 Å². The Hall–Kier alpha value is -2.69. The Kier molecular flexibility index (Phi) is 5.46. The molecule has 0 saturated heterocycles. The van der Waals surface area contributed by atoms with Crippen molar-refractivity contribution in [2.75, 3.05) is 5.32 Å². The van der Waals surface area contributed by atoms with Crippen molar-refractivity contribution in [3.63, 3.8) is 0 Å². The summed E-state index contributed by atoms with van der Waals surface area (Å²) in [7, 11) is 0. The normalized spacial score (nSPS) is 11.6. The fraction of sp³-hybridized carbons (Fsp3) is 0.222. The molecule has 0 aliphatic rings. The Labute approximate surface area is 134 Å². The highest BCUT2D eigenvalue weighted by Gasteiger charge is 2.13. The maximum absolute atomic E-state index is 13.6. The second-order valence-electron chi connectivity index (χ2n) is 5.30. The van der Waals surface area contributed by atoms with Crippen LogP contribution in [0.3, 0.4) is 0 Å². The van der Waals surface area contributed by atoms with E-state index in [-0.39, 0.29) is 17.5 Å². The number of carbonyl (C=O) groups excluding carboxylic acids is 2. The molecule has 2 aromatic carbocycles. The van der Waals surface area contributed by atoms with Crippen LogP contribution in [0.4, 0.5) is 10.1 Å². The topological polar surface area (TPSA) is 58.2 Å². The molecule has 23 heavy (non-hydrogen) atoms. The number of hydrogen-bond donors (Lipinski definition) is 2. The number of nitrogens with one attached hydrogen (secondary N) is 2. The van der Waals surface area contributed by atoms with E-state index in [0.717, 1.165) is 6.42 Å². The highest BCUT2D eigenvalue weighted by atomic mass is 19.1. The van der Waals surface area contributed by atoms with Crippen molar-refractivity contribution in [2.24, 2.45) is 0 Å². The van der Waals surface area contributed by atoms with Gasteiger partial charge in [0.1, 0.15) is 5.82 Å². The van der Waals surface area contributed by atoms with Crippen LogP contribution in [0.5, 0.6) is 0 Å². The minimum absolute atomic E-state index is 0.0399. The number of carbonyl (C=O) groups is 2. The highest BCUT2D eigenvalue weighted by molar-refractivity contribution is 6.05. The standard InChI is InChI=1S/C18H19FN2O2/c1-3-12(2)20-17(22)13-7-6-8-14(11-13)21-18(23)15-9-4-5-10-16(15)19/h4-12H,3H2,1-2H3,(H,20,22)(H,21,23). The number of halogens is 1. The van der Waals surface area contributed by atoms with Crippen molar-refractivity contribution in [1.29, 1.82) is 0 Å². The van der Waals surface area contributed by atoms with Gasteiger partial charge in [-0.25, -0.2) is 4.39 Å². The molecule has 0 saturated carbocycles. The number of anilines is 1. The fourth-order valence-corrected chi connectivity index (χ4v) is 1.99. The van der Waals surface area contributed by atoms with Gasteiger partial charge in [0.15, 0.2) is 0 Å². The first-order valence-electron chi connectivity index (χ1n) is 7.48. The molecule has 0 bridgehead atoms. The van der Waals surface area contributed by atoms with E-state index in [0.29, 0.717) is 11.3 Å². The third-order valence-electron chi connectivity index (χ3n) is 3.49. The SMILES string of the molecule is CCC(C)NC(=O)c1cccc(NC(=O)c2ccccc2F)c1. The van der Waals surface area contributed by atoms with Crippen molar-refractivity contribution in [3.8, 4) is 0 Å². The summed E-state index contributed by atoms with van der Waals surface area (Å²) in [4.78, 5) is 24.2. The van der Waals surface area contributed by atoms with E-state index in [4.69, 9.17) is 0 Å². The third kappa shape index (κ3) is 4.39. The Morgan fingerprint density at radius 2 is 1.83 bits per heavy atom. The van der Waals surface area contributed by atoms with Crippen LogP contribution in [0.25, 0.3) is 0 Å². The number of hydrogen-bond acceptors (Lipinski definition) is 2. The monoisotopic (exact) mass is 314 g/mol. The Bertz CT molecular complexity index is 716. The van der Waals surface area contributed by atoms with E-state index in [9.17, 15) is 14.0 Å². The summed E-state index contributed by atoms with van der Waals surface area (Å²) in [6, 6.07) is 12.4. The summed E-state index contributed by atoms with van der Waals surface area (Å²) >= 11 is 0. The van der Waals surface area contributed by atoms with E-state index in [2.05, 4.69) is 10.6 Å². The van der Waals surface area contributed by atoms with Gasteiger partial charge < -0.3 is 10.6 Å². The van der Waals surface area contributed by atoms with Gasteiger partial charge in [0.25, 0.3) is 11.8 Å². The van der Waals surface area contributed by atoms with Crippen molar-refractivity contribution in [1.82, 2.24) is 5.32 Å². The van der Waals surface area contributed by atoms with Crippen LogP contribution in [0.2, 0.25) is 0 Å². The van der Waals surface area contributed by atoms with Crippen LogP contribution in [-0.2, 0) is 0 Å². The predicted octanol–water partition coefficient (Wildman–Crippen LogP) is 3.61. The Morgan fingerprint density at radius 3 is 2.52 bits per heavy atom. The third-order valence-corrected chi connectivity index (χ3v) is 3.49. The Balaban J connectivity index is 2.13. The van der Waals surface area contributed by atoms with E-state index >= 15 is 0 Å². The quantitative estimate of drug-likeness (QED) is 0.886. The lowest BCUT2D eigenvalue weighted by Crippen LogP contribution is -2.31. The summed E-state index contributed by atoms with van der Waals surface area (Å²) < 4.78 is 13.6. The molecule has 120 valence electrons. The molecule has 2 aromatic rings. The molecule has 2 N–H and O–H groups in total. The zero-order valence-corrected chi connectivity index (χ0v) is 13.1. The van der Waals surface area contributed by atoms with Crippen molar-refractivity contribution >= 4 is 17.5 Å². The maximum atomic E-state index is 13.6. The van der Waals surface area contributed by atoms with Crippen LogP contribution >= 0.6 is 0 Å². The number of amides is 2. The van der Waals surface area contributed by atoms with Gasteiger partial charge in [-0.3, -0.25) is 9.59 Å². The zero-order valence-electron chi connectivity index (χ0n) is 13.1. The summed E-state index contributed by atoms with van der Waals surface area (Å²) in [5.41, 5.74) is 0.841. The molecule has 2 rings (SSSR count). The molecule has 0 aliphatic carbocycles. The van der Waals surface area contributed by atoms with Crippen LogP contribution in [-0.4, -0.2) is 17.9 Å². The molecular weight excluding hydrogens is 295 g/mol. The lowest BCUT2D eigenvalue weighted by Gasteiger charge is -2.12. The summed E-state index contributed by atoms with van der Waals surface area (Å²) in [6.45, 7) is 3.90. The highest BCUT2D eigenvalue weighted by Crippen LogP contribution is 2.14. The van der Waals surface area contributed by atoms with Crippen LogP contribution in [0.1, 0.15) is 41.0 Å². The molecule has 0 aromatic heterocycles. The molecule has 4 nitrogen and oxygen atoms in total. The second kappa shape index (κ2) is 7.54. The number of rotatable bonds is 5. The van der Waals surface area contributed by atoms with Gasteiger partial charge in [-0.05, 0) is 43.7 Å². The van der Waals surface area contributed by atoms with E-state index in [1.54, 1.807) is 30.3 Å². The summed E-state index contributed by atoms with van der Waals surface area (Å²) in [5.74, 6) is -1.35. The first-order chi connectivity index (χ1) is 11.0. The molecular formula is C18H19FN2O2. The first kappa shape index (κ1) is 16.7. The molecule has 1 atom stereocenters. The molecule has 5 heteroatoms. The van der Waals surface area contributed by atoms with Gasteiger partial charge in [-0.15, -0.1) is 0 Å². The minimum atomic E-state index is -0.587. The predicted molar refractivity (Wildman–Crippen MR) is 88.0 cm³/mol. The second-order valence-corrected chi connectivity index (χ2v) is 5.30. The largest absolute Gasteiger partial charge is 0.350 e. The summed E-state index contributed by atoms with van der Waals surface area (Å²) in [6.07, 6.45) is 0.829. The molecule has 0 aliphatic heterocycles. The van der Waals surface area contributed by atoms with Gasteiger partial charge in [-0.1, -0.05) is 25.1 Å². The average molecular weight is 314 g/mol. The molecule has 1 unspecified atom stereocenters. The van der Waals surface area contributed by atoms with Gasteiger partial charge >= 0.3 is 0 Å². The van der Waals surface area contributed by atoms with Crippen molar-refractivity contribution in [3.05, 3.63) is 65.5 Å². The number of benzene rings is 2. The van der Waals surface area contributed by atoms with Gasteiger partial charge in [0, 0.05) is 17.3 Å². The fourth-order valence-electron chi connectivity index (χ4n) is 1.99. The van der Waals surface area contributed by atoms with Crippen molar-refractivity contribution in [2.45, 2.75) is 26.3 Å². The minimum Gasteiger partial charge on any atom is -0.350 e. The molecule has 0 radical (unpaired) electrons. The Morgan fingerprint density at radius 1 is 1.09 bits per heavy atom. The average Bonchev–Trinajstić information content (AvgIpc) is 2.55. The lowest BCUT2D eigenvalue weighted by molar-refractivity contribution is 0.0938. The van der Waals surface area contributed by atoms with Crippen LogP contribution in [0, 0.1) is 5.82 Å². The first-order valence-corrected chi connectivity index (χ1v) is 7.48. The van der Waals surface area contributed by atoms with E-state index in [1.807, 2.05) is 13.8 Å². The van der Waals surface area contributed by atoms with E-state index in [1.165, 1.54) is 18.2 Å². The summed E-state index contributed by atoms with van der Waals surface area (Å²) in [5, 5.41) is 5.46.